The van der Waals surface area contributed by atoms with Crippen LogP contribution in [0.3, 0.4) is 0 Å². The van der Waals surface area contributed by atoms with Gasteiger partial charge in [0.25, 0.3) is 0 Å². The molecule has 0 saturated carbocycles. The first-order valence-corrected chi connectivity index (χ1v) is 5.65. The van der Waals surface area contributed by atoms with Gasteiger partial charge in [0.1, 0.15) is 0 Å². The van der Waals surface area contributed by atoms with Gasteiger partial charge in [0.15, 0.2) is 0 Å². The van der Waals surface area contributed by atoms with Gasteiger partial charge in [-0.3, -0.25) is 0 Å². The number of hydrogen-bond donors (Lipinski definition) is 0. The van der Waals surface area contributed by atoms with Gasteiger partial charge in [0, 0.05) is 23.1 Å². The average molecular weight is 228 g/mol. The lowest BCUT2D eigenvalue weighted by Crippen LogP contribution is -2.17. The minimum Gasteiger partial charge on any atom is -0.481 e. The number of pyridine rings is 1. The van der Waals surface area contributed by atoms with Crippen LogP contribution in [-0.4, -0.2) is 17.5 Å². The van der Waals surface area contributed by atoms with Crippen molar-refractivity contribution in [1.82, 2.24) is 4.98 Å². The Balaban J connectivity index is 3.00. The molecule has 15 heavy (non-hydrogen) atoms. The highest BCUT2D eigenvalue weighted by Crippen LogP contribution is 2.30. The molecule has 1 aromatic rings. The maximum absolute atomic E-state index is 6.19. The van der Waals surface area contributed by atoms with Crippen LogP contribution < -0.4 is 4.74 Å². The average Bonchev–Trinajstić information content (AvgIpc) is 2.17. The third kappa shape index (κ3) is 3.10. The van der Waals surface area contributed by atoms with Gasteiger partial charge >= 0.3 is 0 Å². The molecule has 2 nitrogen and oxygen atoms in total. The maximum atomic E-state index is 6.19. The number of methoxy groups -OCH3 is 1. The van der Waals surface area contributed by atoms with E-state index in [0.29, 0.717) is 11.8 Å². The molecule has 0 aliphatic rings. The molecule has 0 N–H and O–H groups in total. The van der Waals surface area contributed by atoms with Gasteiger partial charge in [-0.1, -0.05) is 19.9 Å². The SMILES string of the molecule is COc1cccc(C(C(C)C)C(C)Cl)n1. The van der Waals surface area contributed by atoms with Crippen LogP contribution in [-0.2, 0) is 0 Å². The van der Waals surface area contributed by atoms with Crippen LogP contribution in [0.4, 0.5) is 0 Å². The van der Waals surface area contributed by atoms with Crippen molar-refractivity contribution in [2.45, 2.75) is 32.1 Å². The molecule has 0 saturated heterocycles. The maximum Gasteiger partial charge on any atom is 0.213 e. The molecule has 0 spiro atoms. The van der Waals surface area contributed by atoms with Crippen LogP contribution in [0.5, 0.6) is 5.88 Å². The summed E-state index contributed by atoms with van der Waals surface area (Å²) in [5, 5.41) is 0.0737. The highest BCUT2D eigenvalue weighted by Gasteiger charge is 2.22. The van der Waals surface area contributed by atoms with Gasteiger partial charge in [-0.2, -0.15) is 0 Å². The summed E-state index contributed by atoms with van der Waals surface area (Å²) in [6.45, 7) is 6.32. The van der Waals surface area contributed by atoms with E-state index in [1.54, 1.807) is 7.11 Å². The third-order valence-electron chi connectivity index (χ3n) is 2.51. The molecule has 0 aliphatic heterocycles. The molecule has 3 heteroatoms. The van der Waals surface area contributed by atoms with Crippen LogP contribution in [0.25, 0.3) is 0 Å². The number of nitrogens with zero attached hydrogens (tertiary/aromatic N) is 1. The minimum absolute atomic E-state index is 0.0737. The Morgan fingerprint density at radius 3 is 2.40 bits per heavy atom. The van der Waals surface area contributed by atoms with E-state index >= 15 is 0 Å². The zero-order valence-corrected chi connectivity index (χ0v) is 10.5. The fraction of sp³-hybridized carbons (Fsp3) is 0.583. The second-order valence-electron chi connectivity index (χ2n) is 4.05. The Bertz CT molecular complexity index is 304. The molecule has 0 aromatic carbocycles. The molecule has 0 bridgehead atoms. The molecular formula is C12H18ClNO. The Hall–Kier alpha value is -0.760. The summed E-state index contributed by atoms with van der Waals surface area (Å²) in [6, 6.07) is 5.81. The Morgan fingerprint density at radius 1 is 1.27 bits per heavy atom. The molecule has 0 amide bonds. The summed E-state index contributed by atoms with van der Waals surface area (Å²) in [5.74, 6) is 1.38. The largest absolute Gasteiger partial charge is 0.481 e. The van der Waals surface area contributed by atoms with E-state index in [2.05, 4.69) is 18.8 Å². The first kappa shape index (κ1) is 12.3. The summed E-state index contributed by atoms with van der Waals surface area (Å²) in [7, 11) is 1.63. The molecule has 1 aromatic heterocycles. The van der Waals surface area contributed by atoms with Gasteiger partial charge in [-0.25, -0.2) is 4.98 Å². The van der Waals surface area contributed by atoms with Crippen molar-refractivity contribution in [1.29, 1.82) is 0 Å². The summed E-state index contributed by atoms with van der Waals surface area (Å²) in [4.78, 5) is 4.43. The molecule has 84 valence electrons. The van der Waals surface area contributed by atoms with Crippen molar-refractivity contribution in [3.05, 3.63) is 23.9 Å². The summed E-state index contributed by atoms with van der Waals surface area (Å²) < 4.78 is 5.11. The molecule has 2 unspecified atom stereocenters. The van der Waals surface area contributed by atoms with Crippen molar-refractivity contribution in [2.24, 2.45) is 5.92 Å². The predicted molar refractivity (Wildman–Crippen MR) is 63.7 cm³/mol. The second-order valence-corrected chi connectivity index (χ2v) is 4.74. The van der Waals surface area contributed by atoms with Gasteiger partial charge in [-0.15, -0.1) is 11.6 Å². The van der Waals surface area contributed by atoms with Crippen LogP contribution in [0.15, 0.2) is 18.2 Å². The molecule has 1 rings (SSSR count). The third-order valence-corrected chi connectivity index (χ3v) is 2.78. The van der Waals surface area contributed by atoms with Gasteiger partial charge < -0.3 is 4.74 Å². The van der Waals surface area contributed by atoms with Crippen molar-refractivity contribution >= 4 is 11.6 Å². The van der Waals surface area contributed by atoms with Gasteiger partial charge in [0.2, 0.25) is 5.88 Å². The van der Waals surface area contributed by atoms with Crippen LogP contribution >= 0.6 is 11.6 Å². The molecule has 0 fully saturated rings. The number of ether oxygens (including phenoxy) is 1. The van der Waals surface area contributed by atoms with E-state index < -0.39 is 0 Å². The lowest BCUT2D eigenvalue weighted by atomic mass is 9.89. The van der Waals surface area contributed by atoms with E-state index in [0.717, 1.165) is 5.69 Å². The van der Waals surface area contributed by atoms with E-state index in [-0.39, 0.29) is 11.3 Å². The molecule has 1 heterocycles. The van der Waals surface area contributed by atoms with Crippen LogP contribution in [0.2, 0.25) is 0 Å². The van der Waals surface area contributed by atoms with Gasteiger partial charge in [-0.05, 0) is 18.9 Å². The Labute approximate surface area is 96.6 Å². The first-order chi connectivity index (χ1) is 7.06. The van der Waals surface area contributed by atoms with Crippen molar-refractivity contribution in [3.63, 3.8) is 0 Å². The summed E-state index contributed by atoms with van der Waals surface area (Å²) in [5.41, 5.74) is 1.01. The van der Waals surface area contributed by atoms with E-state index in [9.17, 15) is 0 Å². The monoisotopic (exact) mass is 227 g/mol. The number of aromatic nitrogens is 1. The number of rotatable bonds is 4. The molecular weight excluding hydrogens is 210 g/mol. The molecule has 0 radical (unpaired) electrons. The lowest BCUT2D eigenvalue weighted by molar-refractivity contribution is 0.390. The lowest BCUT2D eigenvalue weighted by Gasteiger charge is -2.22. The van der Waals surface area contributed by atoms with Crippen molar-refractivity contribution in [2.75, 3.05) is 7.11 Å². The van der Waals surface area contributed by atoms with Crippen LogP contribution in [0, 0.1) is 5.92 Å². The highest BCUT2D eigenvalue weighted by molar-refractivity contribution is 6.20. The summed E-state index contributed by atoms with van der Waals surface area (Å²) in [6.07, 6.45) is 0. The normalized spacial score (nSPS) is 15.1. The second kappa shape index (κ2) is 5.36. The fourth-order valence-corrected chi connectivity index (χ4v) is 2.26. The Morgan fingerprint density at radius 2 is 1.93 bits per heavy atom. The summed E-state index contributed by atoms with van der Waals surface area (Å²) >= 11 is 6.19. The van der Waals surface area contributed by atoms with Crippen LogP contribution in [0.1, 0.15) is 32.4 Å². The number of alkyl halides is 1. The zero-order chi connectivity index (χ0) is 11.4. The first-order valence-electron chi connectivity index (χ1n) is 5.21. The Kier molecular flexibility index (Phi) is 4.40. The van der Waals surface area contributed by atoms with E-state index in [1.807, 2.05) is 25.1 Å². The molecule has 2 atom stereocenters. The van der Waals surface area contributed by atoms with Gasteiger partial charge in [0.05, 0.1) is 7.11 Å². The van der Waals surface area contributed by atoms with Crippen molar-refractivity contribution in [3.8, 4) is 5.88 Å². The smallest absolute Gasteiger partial charge is 0.213 e. The fourth-order valence-electron chi connectivity index (χ4n) is 1.84. The minimum atomic E-state index is 0.0737. The number of hydrogen-bond acceptors (Lipinski definition) is 2. The topological polar surface area (TPSA) is 22.1 Å². The zero-order valence-electron chi connectivity index (χ0n) is 9.70. The predicted octanol–water partition coefficient (Wildman–Crippen LogP) is 3.46. The molecule has 0 aliphatic carbocycles. The quantitative estimate of drug-likeness (QED) is 0.735. The van der Waals surface area contributed by atoms with Crippen molar-refractivity contribution < 1.29 is 4.74 Å². The highest BCUT2D eigenvalue weighted by atomic mass is 35.5. The van der Waals surface area contributed by atoms with E-state index in [4.69, 9.17) is 16.3 Å². The van der Waals surface area contributed by atoms with E-state index in [1.165, 1.54) is 0 Å². The standard InChI is InChI=1S/C12H18ClNO/c1-8(2)12(9(3)13)10-6-5-7-11(14-10)15-4/h5-9,12H,1-4H3. The number of halogens is 1.